The minimum absolute atomic E-state index is 0.0105. The second-order valence-electron chi connectivity index (χ2n) is 8.41. The molecule has 38 heavy (non-hydrogen) atoms. The van der Waals surface area contributed by atoms with Gasteiger partial charge in [0.05, 0.1) is 19.2 Å². The number of rotatable bonds is 11. The smallest absolute Gasteiger partial charge is 0.245 e. The molecule has 0 aliphatic heterocycles. The van der Waals surface area contributed by atoms with Crippen molar-refractivity contribution in [3.05, 3.63) is 35.4 Å². The quantitative estimate of drug-likeness (QED) is 0.359. The first-order valence-corrected chi connectivity index (χ1v) is 13.2. The van der Waals surface area contributed by atoms with Gasteiger partial charge in [-0.15, -0.1) is 10.2 Å². The van der Waals surface area contributed by atoms with Gasteiger partial charge < -0.3 is 14.2 Å². The maximum Gasteiger partial charge on any atom is 0.245 e. The average Bonchev–Trinajstić information content (AvgIpc) is 3.25. The first-order chi connectivity index (χ1) is 18.1. The van der Waals surface area contributed by atoms with E-state index < -0.39 is 39.6 Å². The van der Waals surface area contributed by atoms with Gasteiger partial charge in [0.1, 0.15) is 23.5 Å². The summed E-state index contributed by atoms with van der Waals surface area (Å²) < 4.78 is 74.0. The number of anilines is 1. The van der Waals surface area contributed by atoms with E-state index in [9.17, 15) is 17.2 Å². The van der Waals surface area contributed by atoms with Crippen LogP contribution in [0.4, 0.5) is 14.7 Å². The van der Waals surface area contributed by atoms with E-state index in [0.717, 1.165) is 0 Å². The number of hydrogen-bond acceptors (Lipinski definition) is 11. The van der Waals surface area contributed by atoms with Crippen LogP contribution in [0.1, 0.15) is 43.4 Å². The van der Waals surface area contributed by atoms with Crippen molar-refractivity contribution in [3.8, 4) is 17.4 Å². The predicted octanol–water partition coefficient (Wildman–Crippen LogP) is 2.79. The van der Waals surface area contributed by atoms with Crippen molar-refractivity contribution in [2.24, 2.45) is 5.92 Å². The predicted molar refractivity (Wildman–Crippen MR) is 130 cm³/mol. The number of ether oxygens (including phenoxy) is 3. The van der Waals surface area contributed by atoms with E-state index in [1.807, 2.05) is 0 Å². The Bertz CT molecular complexity index is 1360. The molecule has 1 aliphatic carbocycles. The number of nitrogens with zero attached hydrogens (tertiary/aromatic N) is 7. The molecule has 1 aliphatic rings. The summed E-state index contributed by atoms with van der Waals surface area (Å²) in [6, 6.07) is 0. The summed E-state index contributed by atoms with van der Waals surface area (Å²) in [5, 5.41) is 7.12. The van der Waals surface area contributed by atoms with Gasteiger partial charge in [-0.2, -0.15) is 9.97 Å². The third kappa shape index (κ3) is 5.19. The molecule has 1 N–H and O–H groups in total. The van der Waals surface area contributed by atoms with E-state index in [-0.39, 0.29) is 46.5 Å². The van der Waals surface area contributed by atoms with Crippen molar-refractivity contribution in [1.29, 1.82) is 0 Å². The molecule has 17 heteroatoms. The number of halogens is 3. The van der Waals surface area contributed by atoms with Gasteiger partial charge in [0, 0.05) is 31.3 Å². The lowest BCUT2D eigenvalue weighted by Gasteiger charge is -2.35. The minimum Gasteiger partial charge on any atom is -0.479 e. The monoisotopic (exact) mass is 574 g/mol. The molecular weight excluding hydrogens is 550 g/mol. The number of hydrogen-bond donors (Lipinski definition) is 1. The standard InChI is InChI=1S/C21H25ClF2N8O5S/c1-10(15(35-2)17-25-7-11(22)8-26-17)38(33,34)31-21-30-29-18(13-6-5-12(13)16(23)24)32(21)14-19(36-3)27-9-28-20(14)37-4/h7-10,12-13,15-16H,5-6H2,1-4H3,(H,30,31)/t10-,12?,13?,15-/m0/s1. The molecule has 206 valence electrons. The summed E-state index contributed by atoms with van der Waals surface area (Å²) in [4.78, 5) is 16.2. The molecule has 3 aromatic heterocycles. The van der Waals surface area contributed by atoms with Crippen LogP contribution in [0, 0.1) is 5.92 Å². The fourth-order valence-corrected chi connectivity index (χ4v) is 5.40. The lowest BCUT2D eigenvalue weighted by Crippen LogP contribution is -2.34. The molecule has 13 nitrogen and oxygen atoms in total. The molecule has 0 amide bonds. The highest BCUT2D eigenvalue weighted by molar-refractivity contribution is 7.93. The molecule has 0 bridgehead atoms. The number of sulfonamides is 1. The summed E-state index contributed by atoms with van der Waals surface area (Å²) in [6.45, 7) is 1.39. The summed E-state index contributed by atoms with van der Waals surface area (Å²) in [5.74, 6) is -1.84. The molecule has 2 unspecified atom stereocenters. The van der Waals surface area contributed by atoms with Crippen LogP contribution in [-0.4, -0.2) is 76.1 Å². The average molecular weight is 575 g/mol. The highest BCUT2D eigenvalue weighted by Crippen LogP contribution is 2.47. The van der Waals surface area contributed by atoms with Crippen LogP contribution in [-0.2, 0) is 14.8 Å². The van der Waals surface area contributed by atoms with Crippen LogP contribution in [0.25, 0.3) is 5.69 Å². The summed E-state index contributed by atoms with van der Waals surface area (Å²) in [5.41, 5.74) is 0.0482. The van der Waals surface area contributed by atoms with E-state index in [0.29, 0.717) is 6.42 Å². The Balaban J connectivity index is 1.79. The lowest BCUT2D eigenvalue weighted by atomic mass is 9.73. The Morgan fingerprint density at radius 3 is 2.18 bits per heavy atom. The van der Waals surface area contributed by atoms with Crippen LogP contribution >= 0.6 is 11.6 Å². The first kappa shape index (κ1) is 27.8. The number of aromatic nitrogens is 7. The molecule has 1 saturated carbocycles. The Hall–Kier alpha value is -3.24. The topological polar surface area (TPSA) is 156 Å². The summed E-state index contributed by atoms with van der Waals surface area (Å²) >= 11 is 5.84. The number of alkyl halides is 2. The van der Waals surface area contributed by atoms with Crippen molar-refractivity contribution < 1.29 is 31.4 Å². The van der Waals surface area contributed by atoms with Gasteiger partial charge in [0.25, 0.3) is 0 Å². The van der Waals surface area contributed by atoms with Crippen LogP contribution in [0.2, 0.25) is 5.02 Å². The van der Waals surface area contributed by atoms with E-state index in [1.165, 1.54) is 51.5 Å². The lowest BCUT2D eigenvalue weighted by molar-refractivity contribution is 0.0139. The van der Waals surface area contributed by atoms with Gasteiger partial charge in [-0.25, -0.2) is 27.2 Å². The molecule has 0 spiro atoms. The third-order valence-corrected chi connectivity index (χ3v) is 8.22. The zero-order chi connectivity index (χ0) is 27.6. The zero-order valence-electron chi connectivity index (χ0n) is 20.7. The van der Waals surface area contributed by atoms with Crippen LogP contribution in [0.5, 0.6) is 11.8 Å². The largest absolute Gasteiger partial charge is 0.479 e. The van der Waals surface area contributed by atoms with E-state index in [2.05, 4.69) is 34.9 Å². The van der Waals surface area contributed by atoms with Gasteiger partial charge in [0.2, 0.25) is 34.2 Å². The van der Waals surface area contributed by atoms with Crippen molar-refractivity contribution >= 4 is 27.6 Å². The molecule has 1 fully saturated rings. The molecule has 0 aromatic carbocycles. The highest BCUT2D eigenvalue weighted by Gasteiger charge is 2.43. The van der Waals surface area contributed by atoms with E-state index in [4.69, 9.17) is 25.8 Å². The van der Waals surface area contributed by atoms with Crippen molar-refractivity contribution in [2.45, 2.75) is 43.5 Å². The van der Waals surface area contributed by atoms with Crippen LogP contribution < -0.4 is 14.2 Å². The maximum absolute atomic E-state index is 13.7. The van der Waals surface area contributed by atoms with Gasteiger partial charge in [-0.05, 0) is 19.8 Å². The molecule has 4 rings (SSSR count). The van der Waals surface area contributed by atoms with Gasteiger partial charge in [-0.3, -0.25) is 9.29 Å². The second-order valence-corrected chi connectivity index (χ2v) is 10.9. The number of methoxy groups -OCH3 is 3. The minimum atomic E-state index is -4.27. The van der Waals surface area contributed by atoms with E-state index >= 15 is 0 Å². The fourth-order valence-electron chi connectivity index (χ4n) is 4.17. The Labute approximate surface area is 222 Å². The normalized spacial score (nSPS) is 19.1. The fraction of sp³-hybridized carbons (Fsp3) is 0.524. The molecule has 0 radical (unpaired) electrons. The van der Waals surface area contributed by atoms with Gasteiger partial charge in [0.15, 0.2) is 11.5 Å². The van der Waals surface area contributed by atoms with Gasteiger partial charge in [-0.1, -0.05) is 11.6 Å². The zero-order valence-corrected chi connectivity index (χ0v) is 22.3. The van der Waals surface area contributed by atoms with Crippen LogP contribution in [0.3, 0.4) is 0 Å². The molecule has 4 atom stereocenters. The number of nitrogens with one attached hydrogen (secondary N) is 1. The highest BCUT2D eigenvalue weighted by atomic mass is 35.5. The van der Waals surface area contributed by atoms with Crippen molar-refractivity contribution in [2.75, 3.05) is 26.1 Å². The van der Waals surface area contributed by atoms with Crippen molar-refractivity contribution in [1.82, 2.24) is 34.7 Å². The second kappa shape index (κ2) is 11.2. The summed E-state index contributed by atoms with van der Waals surface area (Å²) in [7, 11) is -0.282. The molecular formula is C21H25ClF2N8O5S. The molecule has 3 aromatic rings. The first-order valence-electron chi connectivity index (χ1n) is 11.3. The Morgan fingerprint density at radius 1 is 1.05 bits per heavy atom. The summed E-state index contributed by atoms with van der Waals surface area (Å²) in [6.07, 6.45) is 0.807. The molecule has 0 saturated heterocycles. The van der Waals surface area contributed by atoms with Gasteiger partial charge >= 0.3 is 0 Å². The Morgan fingerprint density at radius 2 is 1.68 bits per heavy atom. The van der Waals surface area contributed by atoms with Crippen molar-refractivity contribution in [3.63, 3.8) is 0 Å². The third-order valence-electron chi connectivity index (χ3n) is 6.33. The molecule has 3 heterocycles. The van der Waals surface area contributed by atoms with E-state index in [1.54, 1.807) is 0 Å². The maximum atomic E-state index is 13.7. The SMILES string of the molecule is COc1ncnc(OC)c1-n1c(NS(=O)(=O)[C@@H](C)[C@H](OC)c2ncc(Cl)cn2)nnc1C1CCC1C(F)F. The van der Waals surface area contributed by atoms with Crippen LogP contribution in [0.15, 0.2) is 18.7 Å². The Kier molecular flexibility index (Phi) is 8.22.